The number of amidine groups is 1. The van der Waals surface area contributed by atoms with Gasteiger partial charge in [0, 0.05) is 6.07 Å². The minimum Gasteiger partial charge on any atom is -0.478 e. The van der Waals surface area contributed by atoms with Gasteiger partial charge in [0.1, 0.15) is 22.8 Å². The Labute approximate surface area is 210 Å². The van der Waals surface area contributed by atoms with Gasteiger partial charge in [-0.1, -0.05) is 24.3 Å². The number of imidazole rings is 1. The van der Waals surface area contributed by atoms with E-state index in [0.29, 0.717) is 34.1 Å². The van der Waals surface area contributed by atoms with Crippen LogP contribution in [0.25, 0.3) is 11.2 Å². The molecule has 0 bridgehead atoms. The summed E-state index contributed by atoms with van der Waals surface area (Å²) >= 11 is 0. The van der Waals surface area contributed by atoms with Crippen molar-refractivity contribution in [3.05, 3.63) is 89.7 Å². The van der Waals surface area contributed by atoms with Crippen molar-refractivity contribution in [1.29, 1.82) is 0 Å². The van der Waals surface area contributed by atoms with E-state index in [1.807, 2.05) is 18.2 Å². The van der Waals surface area contributed by atoms with E-state index in [1.54, 1.807) is 49.4 Å². The Morgan fingerprint density at radius 3 is 2.41 bits per heavy atom. The van der Waals surface area contributed by atoms with Crippen molar-refractivity contribution in [3.63, 3.8) is 0 Å². The summed E-state index contributed by atoms with van der Waals surface area (Å²) in [7, 11) is 0. The number of nitrogens with two attached hydrogens (primary N) is 2. The van der Waals surface area contributed by atoms with Gasteiger partial charge in [-0.2, -0.15) is 9.97 Å². The highest BCUT2D eigenvalue weighted by Gasteiger charge is 2.19. The fourth-order valence-corrected chi connectivity index (χ4v) is 3.46. The molecule has 2 heterocycles. The third kappa shape index (κ3) is 5.15. The number of hydrogen-bond donors (Lipinski definition) is 4. The molecular formula is C26H21N6O5+. The summed E-state index contributed by atoms with van der Waals surface area (Å²) in [6, 6.07) is 20.1. The SMILES string of the molecule is Cc1nc2nc(Oc3cc(C(N)=[NH2+])ccc3Oc3ccccc3)nc(Oc3cccc(C(=O)O)c3)c2[nH]1. The van der Waals surface area contributed by atoms with Gasteiger partial charge in [-0.15, -0.1) is 0 Å². The molecule has 5 rings (SSSR count). The van der Waals surface area contributed by atoms with Crippen molar-refractivity contribution in [2.45, 2.75) is 6.92 Å². The van der Waals surface area contributed by atoms with E-state index in [4.69, 9.17) is 25.4 Å². The van der Waals surface area contributed by atoms with Gasteiger partial charge >= 0.3 is 12.0 Å². The molecule has 0 aliphatic heterocycles. The lowest BCUT2D eigenvalue weighted by Gasteiger charge is -2.13. The maximum Gasteiger partial charge on any atom is 0.335 e. The number of fused-ring (bicyclic) bond motifs is 1. The van der Waals surface area contributed by atoms with Gasteiger partial charge in [-0.25, -0.2) is 9.78 Å². The number of aromatic nitrogens is 4. The second-order valence-electron chi connectivity index (χ2n) is 7.90. The predicted octanol–water partition coefficient (Wildman–Crippen LogP) is 3.20. The molecule has 11 heteroatoms. The number of rotatable bonds is 8. The summed E-state index contributed by atoms with van der Waals surface area (Å²) in [4.78, 5) is 27.6. The molecule has 0 saturated carbocycles. The van der Waals surface area contributed by atoms with Gasteiger partial charge in [0.05, 0.1) is 11.1 Å². The number of nitrogens with one attached hydrogen (secondary N) is 1. The maximum atomic E-state index is 11.4. The zero-order valence-corrected chi connectivity index (χ0v) is 19.5. The number of hydrogen-bond acceptors (Lipinski definition) is 7. The van der Waals surface area contributed by atoms with Gasteiger partial charge in [-0.05, 0) is 49.4 Å². The highest BCUT2D eigenvalue weighted by atomic mass is 16.5. The van der Waals surface area contributed by atoms with E-state index in [2.05, 4.69) is 19.9 Å². The molecule has 0 spiro atoms. The van der Waals surface area contributed by atoms with Crippen LogP contribution in [0.3, 0.4) is 0 Å². The average molecular weight is 497 g/mol. The number of carboxylic acid groups (broad SMARTS) is 1. The highest BCUT2D eigenvalue weighted by Crippen LogP contribution is 2.36. The quantitative estimate of drug-likeness (QED) is 0.186. The fourth-order valence-electron chi connectivity index (χ4n) is 3.46. The van der Waals surface area contributed by atoms with E-state index in [9.17, 15) is 9.90 Å². The summed E-state index contributed by atoms with van der Waals surface area (Å²) in [5.74, 6) is 1.15. The standard InChI is InChI=1S/C26H20N6O5/c1-14-29-21-23(30-14)31-26(32-24(21)36-18-9-5-6-16(12-18)25(33)34)37-20-13-15(22(27)28)10-11-19(20)35-17-7-3-2-4-8-17/h2-13H,1H3,(H3,27,28)(H,33,34)(H,29,30,31,32)/p+1. The van der Waals surface area contributed by atoms with Crippen molar-refractivity contribution in [2.75, 3.05) is 0 Å². The summed E-state index contributed by atoms with van der Waals surface area (Å²) < 4.78 is 17.9. The van der Waals surface area contributed by atoms with Crippen molar-refractivity contribution in [2.24, 2.45) is 5.73 Å². The number of H-pyrrole nitrogens is 1. The number of aromatic carboxylic acids is 1. The van der Waals surface area contributed by atoms with E-state index in [-0.39, 0.29) is 34.8 Å². The Morgan fingerprint density at radius 2 is 1.65 bits per heavy atom. The maximum absolute atomic E-state index is 11.4. The van der Waals surface area contributed by atoms with Crippen molar-refractivity contribution >= 4 is 23.0 Å². The molecule has 3 aromatic carbocycles. The first kappa shape index (κ1) is 23.3. The van der Waals surface area contributed by atoms with Gasteiger partial charge in [-0.3, -0.25) is 11.1 Å². The topological polar surface area (TPSA) is 171 Å². The van der Waals surface area contributed by atoms with Crippen LogP contribution in [-0.2, 0) is 0 Å². The van der Waals surface area contributed by atoms with Crippen LogP contribution in [-0.4, -0.2) is 36.8 Å². The van der Waals surface area contributed by atoms with Gasteiger partial charge in [0.25, 0.3) is 11.7 Å². The van der Waals surface area contributed by atoms with Crippen LogP contribution in [0.15, 0.2) is 72.8 Å². The average Bonchev–Trinajstić information content (AvgIpc) is 3.26. The number of benzene rings is 3. The lowest BCUT2D eigenvalue weighted by atomic mass is 10.2. The zero-order chi connectivity index (χ0) is 25.9. The summed E-state index contributed by atoms with van der Waals surface area (Å²) in [5, 5.41) is 15.1. The molecule has 2 aromatic heterocycles. The van der Waals surface area contributed by atoms with Crippen molar-refractivity contribution in [3.8, 4) is 34.9 Å². The molecule has 0 unspecified atom stereocenters. The Hall–Kier alpha value is -5.45. The lowest BCUT2D eigenvalue weighted by Crippen LogP contribution is -2.46. The first-order valence-electron chi connectivity index (χ1n) is 11.0. The minimum absolute atomic E-state index is 0.0650. The Morgan fingerprint density at radius 1 is 0.865 bits per heavy atom. The van der Waals surface area contributed by atoms with Crippen molar-refractivity contribution < 1.29 is 29.5 Å². The molecule has 5 aromatic rings. The number of carboxylic acids is 1. The second-order valence-corrected chi connectivity index (χ2v) is 7.90. The highest BCUT2D eigenvalue weighted by molar-refractivity contribution is 5.93. The molecule has 0 fully saturated rings. The van der Waals surface area contributed by atoms with Crippen LogP contribution >= 0.6 is 0 Å². The third-order valence-corrected chi connectivity index (χ3v) is 5.16. The van der Waals surface area contributed by atoms with Gasteiger partial charge in [0.2, 0.25) is 0 Å². The molecule has 6 N–H and O–H groups in total. The molecule has 11 nitrogen and oxygen atoms in total. The lowest BCUT2D eigenvalue weighted by molar-refractivity contribution is -0.114. The summed E-state index contributed by atoms with van der Waals surface area (Å²) in [5.41, 5.74) is 7.08. The molecule has 0 amide bonds. The number of aryl methyl sites for hydroxylation is 1. The van der Waals surface area contributed by atoms with Crippen LogP contribution in [0.4, 0.5) is 0 Å². The monoisotopic (exact) mass is 497 g/mol. The van der Waals surface area contributed by atoms with Crippen LogP contribution in [0.2, 0.25) is 0 Å². The normalized spacial score (nSPS) is 10.7. The minimum atomic E-state index is -1.08. The number of ether oxygens (including phenoxy) is 3. The predicted molar refractivity (Wildman–Crippen MR) is 133 cm³/mol. The van der Waals surface area contributed by atoms with Gasteiger partial charge < -0.3 is 24.3 Å². The van der Waals surface area contributed by atoms with E-state index < -0.39 is 5.97 Å². The van der Waals surface area contributed by atoms with Crippen LogP contribution in [0, 0.1) is 6.92 Å². The molecular weight excluding hydrogens is 476 g/mol. The van der Waals surface area contributed by atoms with Crippen molar-refractivity contribution in [1.82, 2.24) is 19.9 Å². The van der Waals surface area contributed by atoms with Crippen LogP contribution in [0.1, 0.15) is 21.7 Å². The Bertz CT molecular complexity index is 1630. The summed E-state index contributed by atoms with van der Waals surface area (Å²) in [6.07, 6.45) is 0. The van der Waals surface area contributed by atoms with E-state index >= 15 is 0 Å². The number of carbonyl (C=O) groups is 1. The zero-order valence-electron chi connectivity index (χ0n) is 19.5. The number of nitrogens with zero attached hydrogens (tertiary/aromatic N) is 3. The Balaban J connectivity index is 1.55. The summed E-state index contributed by atoms with van der Waals surface area (Å²) in [6.45, 7) is 1.76. The molecule has 0 aliphatic rings. The Kier molecular flexibility index (Phi) is 6.08. The molecule has 0 saturated heterocycles. The molecule has 0 atom stereocenters. The smallest absolute Gasteiger partial charge is 0.335 e. The first-order valence-corrected chi connectivity index (χ1v) is 11.0. The third-order valence-electron chi connectivity index (χ3n) is 5.16. The first-order chi connectivity index (χ1) is 17.9. The number of para-hydroxylation sites is 1. The molecule has 0 radical (unpaired) electrons. The molecule has 37 heavy (non-hydrogen) atoms. The number of aromatic amines is 1. The molecule has 184 valence electrons. The van der Waals surface area contributed by atoms with E-state index in [1.165, 1.54) is 12.1 Å². The largest absolute Gasteiger partial charge is 0.478 e. The second kappa shape index (κ2) is 9.66. The van der Waals surface area contributed by atoms with E-state index in [0.717, 1.165) is 0 Å². The van der Waals surface area contributed by atoms with Crippen LogP contribution < -0.4 is 25.4 Å². The fraction of sp³-hybridized carbons (Fsp3) is 0.0385. The van der Waals surface area contributed by atoms with Gasteiger partial charge in [0.15, 0.2) is 17.1 Å². The molecule has 0 aliphatic carbocycles. The van der Waals surface area contributed by atoms with Crippen LogP contribution in [0.5, 0.6) is 34.9 Å².